The smallest absolute Gasteiger partial charge is 0.408 e. The summed E-state index contributed by atoms with van der Waals surface area (Å²) in [6.45, 7) is 9.04. The quantitative estimate of drug-likeness (QED) is 0.551. The number of carbonyl (C=O) groups is 1. The highest BCUT2D eigenvalue weighted by molar-refractivity contribution is 7.91. The first-order chi connectivity index (χ1) is 14.5. The second kappa shape index (κ2) is 8.59. The van der Waals surface area contributed by atoms with E-state index in [2.05, 4.69) is 5.32 Å². The fourth-order valence-electron chi connectivity index (χ4n) is 3.09. The number of sulfone groups is 1. The van der Waals surface area contributed by atoms with Gasteiger partial charge < -0.3 is 14.5 Å². The van der Waals surface area contributed by atoms with Crippen molar-refractivity contribution in [3.05, 3.63) is 72.0 Å². The molecule has 1 N–H and O–H groups in total. The van der Waals surface area contributed by atoms with Gasteiger partial charge in [0.1, 0.15) is 10.7 Å². The predicted molar refractivity (Wildman–Crippen MR) is 119 cm³/mol. The largest absolute Gasteiger partial charge is 0.456 e. The minimum Gasteiger partial charge on any atom is -0.456 e. The van der Waals surface area contributed by atoms with Crippen LogP contribution in [0.2, 0.25) is 0 Å². The van der Waals surface area contributed by atoms with Crippen molar-refractivity contribution in [1.29, 1.82) is 0 Å². The van der Waals surface area contributed by atoms with Crippen molar-refractivity contribution < 1.29 is 22.4 Å². The van der Waals surface area contributed by atoms with Crippen molar-refractivity contribution in [2.24, 2.45) is 0 Å². The van der Waals surface area contributed by atoms with Crippen LogP contribution in [-0.4, -0.2) is 20.0 Å². The van der Waals surface area contributed by atoms with E-state index in [-0.39, 0.29) is 21.3 Å². The van der Waals surface area contributed by atoms with Crippen LogP contribution in [0.4, 0.5) is 4.79 Å². The first-order valence-electron chi connectivity index (χ1n) is 9.98. The monoisotopic (exact) mass is 441 g/mol. The molecule has 0 saturated heterocycles. The number of carbonyl (C=O) groups excluding carboxylic acids is 1. The molecule has 1 heterocycles. The second-order valence-electron chi connectivity index (χ2n) is 8.40. The molecule has 1 atom stereocenters. The summed E-state index contributed by atoms with van der Waals surface area (Å²) in [5, 5.41) is 2.72. The van der Waals surface area contributed by atoms with Gasteiger partial charge in [0, 0.05) is 17.2 Å². The SMILES string of the molecule is Cc1ccccc1-c1oc(C(C)OC(=O)NC(C)(C)C)cc1S(=O)(=O)c1ccccc1. The number of furan rings is 1. The summed E-state index contributed by atoms with van der Waals surface area (Å²) >= 11 is 0. The van der Waals surface area contributed by atoms with E-state index in [1.165, 1.54) is 6.07 Å². The number of alkyl carbamates (subject to hydrolysis) is 1. The normalized spacial score (nSPS) is 12.9. The van der Waals surface area contributed by atoms with E-state index in [1.807, 2.05) is 45.9 Å². The van der Waals surface area contributed by atoms with E-state index in [0.717, 1.165) is 5.56 Å². The highest BCUT2D eigenvalue weighted by atomic mass is 32.2. The Hall–Kier alpha value is -3.06. The van der Waals surface area contributed by atoms with Crippen molar-refractivity contribution in [1.82, 2.24) is 5.32 Å². The Bertz CT molecular complexity index is 1170. The van der Waals surface area contributed by atoms with Crippen LogP contribution >= 0.6 is 0 Å². The van der Waals surface area contributed by atoms with Gasteiger partial charge >= 0.3 is 6.09 Å². The van der Waals surface area contributed by atoms with E-state index < -0.39 is 27.6 Å². The third-order valence-corrected chi connectivity index (χ3v) is 6.39. The molecular weight excluding hydrogens is 414 g/mol. The van der Waals surface area contributed by atoms with Crippen molar-refractivity contribution in [3.63, 3.8) is 0 Å². The number of ether oxygens (including phenoxy) is 1. The molecule has 2 aromatic carbocycles. The number of nitrogens with one attached hydrogen (secondary N) is 1. The molecule has 7 heteroatoms. The van der Waals surface area contributed by atoms with Crippen LogP contribution in [0.5, 0.6) is 0 Å². The van der Waals surface area contributed by atoms with Gasteiger partial charge in [0.05, 0.1) is 4.90 Å². The molecule has 0 aliphatic rings. The molecule has 0 bridgehead atoms. The number of aryl methyl sites for hydroxylation is 1. The minimum absolute atomic E-state index is 0.0367. The molecule has 31 heavy (non-hydrogen) atoms. The highest BCUT2D eigenvalue weighted by Gasteiger charge is 2.30. The molecule has 0 spiro atoms. The van der Waals surface area contributed by atoms with Gasteiger partial charge in [-0.25, -0.2) is 13.2 Å². The van der Waals surface area contributed by atoms with Crippen LogP contribution in [-0.2, 0) is 14.6 Å². The summed E-state index contributed by atoms with van der Waals surface area (Å²) in [6.07, 6.45) is -1.40. The molecular formula is C24H27NO5S. The lowest BCUT2D eigenvalue weighted by Gasteiger charge is -2.21. The van der Waals surface area contributed by atoms with E-state index in [4.69, 9.17) is 9.15 Å². The molecule has 6 nitrogen and oxygen atoms in total. The van der Waals surface area contributed by atoms with Crippen molar-refractivity contribution in [2.75, 3.05) is 0 Å². The lowest BCUT2D eigenvalue weighted by Crippen LogP contribution is -2.41. The Morgan fingerprint density at radius 2 is 1.65 bits per heavy atom. The number of hydrogen-bond donors (Lipinski definition) is 1. The molecule has 1 unspecified atom stereocenters. The lowest BCUT2D eigenvalue weighted by molar-refractivity contribution is 0.0890. The van der Waals surface area contributed by atoms with Crippen molar-refractivity contribution in [3.8, 4) is 11.3 Å². The molecule has 0 aliphatic heterocycles. The van der Waals surface area contributed by atoms with Gasteiger partial charge in [-0.1, -0.05) is 42.5 Å². The summed E-state index contributed by atoms with van der Waals surface area (Å²) in [5.41, 5.74) is 1.07. The van der Waals surface area contributed by atoms with Crippen LogP contribution in [0, 0.1) is 6.92 Å². The molecule has 0 aliphatic carbocycles. The minimum atomic E-state index is -3.85. The Balaban J connectivity index is 2.07. The van der Waals surface area contributed by atoms with Gasteiger partial charge in [-0.05, 0) is 52.3 Å². The van der Waals surface area contributed by atoms with Crippen molar-refractivity contribution >= 4 is 15.9 Å². The summed E-state index contributed by atoms with van der Waals surface area (Å²) in [7, 11) is -3.85. The third kappa shape index (κ3) is 5.17. The van der Waals surface area contributed by atoms with Gasteiger partial charge in [0.25, 0.3) is 0 Å². The number of hydrogen-bond acceptors (Lipinski definition) is 5. The third-order valence-electron chi connectivity index (χ3n) is 4.61. The van der Waals surface area contributed by atoms with E-state index in [0.29, 0.717) is 5.56 Å². The Morgan fingerprint density at radius 1 is 1.03 bits per heavy atom. The van der Waals surface area contributed by atoms with Crippen molar-refractivity contribution in [2.45, 2.75) is 56.1 Å². The Kier molecular flexibility index (Phi) is 6.27. The molecule has 3 rings (SSSR count). The maximum atomic E-state index is 13.4. The highest BCUT2D eigenvalue weighted by Crippen LogP contribution is 2.38. The number of benzene rings is 2. The van der Waals surface area contributed by atoms with Gasteiger partial charge in [-0.15, -0.1) is 0 Å². The molecule has 3 aromatic rings. The molecule has 0 fully saturated rings. The van der Waals surface area contributed by atoms with E-state index in [1.54, 1.807) is 43.3 Å². The number of amides is 1. The average Bonchev–Trinajstić information content (AvgIpc) is 3.14. The maximum absolute atomic E-state index is 13.4. The summed E-state index contributed by atoms with van der Waals surface area (Å²) < 4.78 is 38.2. The van der Waals surface area contributed by atoms with Gasteiger partial charge in [0.15, 0.2) is 11.9 Å². The zero-order valence-electron chi connectivity index (χ0n) is 18.3. The van der Waals surface area contributed by atoms with Crippen LogP contribution < -0.4 is 5.32 Å². The summed E-state index contributed by atoms with van der Waals surface area (Å²) in [4.78, 5) is 12.4. The lowest BCUT2D eigenvalue weighted by atomic mass is 10.1. The zero-order chi connectivity index (χ0) is 22.8. The fourth-order valence-corrected chi connectivity index (χ4v) is 4.52. The standard InChI is InChI=1S/C24H27NO5S/c1-16-11-9-10-14-19(16)22-21(31(27,28)18-12-7-6-8-13-18)15-20(30-22)17(2)29-23(26)25-24(3,4)5/h6-15,17H,1-5H3,(H,25,26). The fraction of sp³-hybridized carbons (Fsp3) is 0.292. The van der Waals surface area contributed by atoms with Crippen LogP contribution in [0.1, 0.15) is 45.1 Å². The van der Waals surface area contributed by atoms with Crippen LogP contribution in [0.25, 0.3) is 11.3 Å². The average molecular weight is 442 g/mol. The zero-order valence-corrected chi connectivity index (χ0v) is 19.1. The predicted octanol–water partition coefficient (Wildman–Crippen LogP) is 5.67. The van der Waals surface area contributed by atoms with E-state index >= 15 is 0 Å². The molecule has 0 saturated carbocycles. The topological polar surface area (TPSA) is 85.6 Å². The Labute approximate surface area is 183 Å². The van der Waals surface area contributed by atoms with Crippen LogP contribution in [0.15, 0.2) is 74.9 Å². The van der Waals surface area contributed by atoms with Gasteiger partial charge in [0.2, 0.25) is 9.84 Å². The first-order valence-corrected chi connectivity index (χ1v) is 11.5. The molecule has 164 valence electrons. The number of rotatable bonds is 5. The van der Waals surface area contributed by atoms with Crippen LogP contribution in [0.3, 0.4) is 0 Å². The summed E-state index contributed by atoms with van der Waals surface area (Å²) in [5.74, 6) is 0.473. The maximum Gasteiger partial charge on any atom is 0.408 e. The molecule has 1 amide bonds. The molecule has 1 aromatic heterocycles. The second-order valence-corrected chi connectivity index (χ2v) is 10.3. The van der Waals surface area contributed by atoms with E-state index in [9.17, 15) is 13.2 Å². The Morgan fingerprint density at radius 3 is 2.26 bits per heavy atom. The first kappa shape index (κ1) is 22.6. The van der Waals surface area contributed by atoms with Gasteiger partial charge in [-0.3, -0.25) is 0 Å². The van der Waals surface area contributed by atoms with Gasteiger partial charge in [-0.2, -0.15) is 0 Å². The summed E-state index contributed by atoms with van der Waals surface area (Å²) in [6, 6.07) is 17.0. The molecule has 0 radical (unpaired) electrons.